The molecule has 0 aromatic heterocycles. The van der Waals surface area contributed by atoms with Crippen LogP contribution >= 0.6 is 11.6 Å². The Labute approximate surface area is 187 Å². The van der Waals surface area contributed by atoms with Gasteiger partial charge in [-0.15, -0.1) is 0 Å². The Morgan fingerprint density at radius 1 is 0.906 bits per heavy atom. The highest BCUT2D eigenvalue weighted by molar-refractivity contribution is 6.32. The van der Waals surface area contributed by atoms with Crippen LogP contribution in [0.3, 0.4) is 0 Å². The highest BCUT2D eigenvalue weighted by Crippen LogP contribution is 2.32. The minimum atomic E-state index is -0.638. The van der Waals surface area contributed by atoms with Crippen molar-refractivity contribution in [1.29, 1.82) is 0 Å². The minimum Gasteiger partial charge on any atom is -0.421 e. The van der Waals surface area contributed by atoms with Crippen LogP contribution < -0.4 is 10.1 Å². The molecule has 0 saturated carbocycles. The van der Waals surface area contributed by atoms with Gasteiger partial charge >= 0.3 is 5.97 Å². The molecular weight excluding hydrogens is 432 g/mol. The van der Waals surface area contributed by atoms with E-state index in [1.54, 1.807) is 48.5 Å². The van der Waals surface area contributed by atoms with Crippen molar-refractivity contribution in [1.82, 2.24) is 0 Å². The van der Waals surface area contributed by atoms with Gasteiger partial charge in [-0.25, -0.2) is 4.79 Å². The third-order valence-electron chi connectivity index (χ3n) is 4.73. The minimum absolute atomic E-state index is 0.0452. The van der Waals surface area contributed by atoms with E-state index in [1.165, 1.54) is 18.2 Å². The number of anilines is 1. The Morgan fingerprint density at radius 2 is 1.62 bits per heavy atom. The van der Waals surface area contributed by atoms with Crippen LogP contribution in [-0.2, 0) is 0 Å². The van der Waals surface area contributed by atoms with Crippen LogP contribution in [0.2, 0.25) is 5.02 Å². The van der Waals surface area contributed by atoms with E-state index in [4.69, 9.17) is 16.3 Å². The van der Waals surface area contributed by atoms with E-state index in [1.807, 2.05) is 12.1 Å². The first kappa shape index (κ1) is 21.0. The number of esters is 1. The summed E-state index contributed by atoms with van der Waals surface area (Å²) >= 11 is 5.84. The number of ether oxygens (including phenoxy) is 1. The van der Waals surface area contributed by atoms with Gasteiger partial charge in [-0.05, 0) is 35.7 Å². The number of carbonyl (C=O) groups excluding carboxylic acids is 2. The largest absolute Gasteiger partial charge is 0.421 e. The number of nitro benzene ring substituents is 1. The molecule has 0 heterocycles. The zero-order chi connectivity index (χ0) is 22.7. The molecule has 0 bridgehead atoms. The van der Waals surface area contributed by atoms with Gasteiger partial charge in [0.15, 0.2) is 5.75 Å². The van der Waals surface area contributed by atoms with Crippen molar-refractivity contribution >= 4 is 45.6 Å². The number of fused-ring (bicyclic) bond motifs is 1. The summed E-state index contributed by atoms with van der Waals surface area (Å²) in [6, 6.07) is 22.8. The second-order valence-electron chi connectivity index (χ2n) is 6.80. The number of nitrogens with one attached hydrogen (secondary N) is 1. The average Bonchev–Trinajstić information content (AvgIpc) is 2.80. The third kappa shape index (κ3) is 4.28. The molecule has 0 atom stereocenters. The third-order valence-corrected chi connectivity index (χ3v) is 5.05. The Morgan fingerprint density at radius 3 is 2.38 bits per heavy atom. The lowest BCUT2D eigenvalue weighted by Crippen LogP contribution is -2.16. The number of hydrogen-bond acceptors (Lipinski definition) is 5. The van der Waals surface area contributed by atoms with Gasteiger partial charge in [-0.2, -0.15) is 0 Å². The smallest absolute Gasteiger partial charge is 0.343 e. The lowest BCUT2D eigenvalue weighted by Gasteiger charge is -2.14. The van der Waals surface area contributed by atoms with Crippen molar-refractivity contribution in [2.75, 3.05) is 5.32 Å². The molecular formula is C24H15ClN2O5. The molecule has 4 aromatic carbocycles. The van der Waals surface area contributed by atoms with Crippen LogP contribution in [0.1, 0.15) is 20.7 Å². The molecule has 158 valence electrons. The van der Waals surface area contributed by atoms with Crippen molar-refractivity contribution < 1.29 is 19.2 Å². The summed E-state index contributed by atoms with van der Waals surface area (Å²) in [6.45, 7) is 0. The van der Waals surface area contributed by atoms with Crippen LogP contribution in [0.25, 0.3) is 10.8 Å². The first-order valence-corrected chi connectivity index (χ1v) is 9.86. The molecule has 0 saturated heterocycles. The summed E-state index contributed by atoms with van der Waals surface area (Å²) in [5.41, 5.74) is 0.281. The summed E-state index contributed by atoms with van der Waals surface area (Å²) in [4.78, 5) is 36.3. The summed E-state index contributed by atoms with van der Waals surface area (Å²) in [6.07, 6.45) is 0. The average molecular weight is 447 g/mol. The molecule has 8 heteroatoms. The van der Waals surface area contributed by atoms with Crippen LogP contribution in [0, 0.1) is 10.1 Å². The van der Waals surface area contributed by atoms with Crippen LogP contribution in [0.5, 0.6) is 5.75 Å². The van der Waals surface area contributed by atoms with Gasteiger partial charge in [-0.1, -0.05) is 60.1 Å². The summed E-state index contributed by atoms with van der Waals surface area (Å²) in [5, 5.41) is 15.1. The van der Waals surface area contributed by atoms with Crippen LogP contribution in [0.4, 0.5) is 11.4 Å². The second kappa shape index (κ2) is 8.87. The number of hydrogen-bond donors (Lipinski definition) is 1. The summed E-state index contributed by atoms with van der Waals surface area (Å²) in [7, 11) is 0. The Kier molecular flexibility index (Phi) is 5.83. The number of nitro groups is 1. The van der Waals surface area contributed by atoms with Crippen molar-refractivity contribution in [2.24, 2.45) is 0 Å². The van der Waals surface area contributed by atoms with Crippen molar-refractivity contribution in [3.63, 3.8) is 0 Å². The normalized spacial score (nSPS) is 10.5. The molecule has 32 heavy (non-hydrogen) atoms. The number of carbonyl (C=O) groups is 2. The lowest BCUT2D eigenvalue weighted by atomic mass is 10.0. The van der Waals surface area contributed by atoms with E-state index in [0.29, 0.717) is 10.9 Å². The van der Waals surface area contributed by atoms with E-state index in [-0.39, 0.29) is 27.7 Å². The molecule has 4 rings (SSSR count). The standard InChI is InChI=1S/C24H15ClN2O5/c25-20-13-11-17(14-21(20)27(30)31)26-23(28)19-12-10-15-6-4-5-9-18(15)22(19)32-24(29)16-7-2-1-3-8-16/h1-14H,(H,26,28). The molecule has 0 fully saturated rings. The molecule has 4 aromatic rings. The predicted molar refractivity (Wildman–Crippen MR) is 121 cm³/mol. The highest BCUT2D eigenvalue weighted by atomic mass is 35.5. The summed E-state index contributed by atoms with van der Waals surface area (Å²) in [5.74, 6) is -1.11. The fraction of sp³-hybridized carbons (Fsp3) is 0. The first-order chi connectivity index (χ1) is 15.4. The fourth-order valence-electron chi connectivity index (χ4n) is 3.19. The van der Waals surface area contributed by atoms with E-state index in [0.717, 1.165) is 11.5 Å². The van der Waals surface area contributed by atoms with Gasteiger partial charge in [0.1, 0.15) is 5.02 Å². The van der Waals surface area contributed by atoms with Gasteiger partial charge in [0.2, 0.25) is 0 Å². The number of amides is 1. The zero-order valence-corrected chi connectivity index (χ0v) is 17.2. The highest BCUT2D eigenvalue weighted by Gasteiger charge is 2.21. The summed E-state index contributed by atoms with van der Waals surface area (Å²) < 4.78 is 5.66. The van der Waals surface area contributed by atoms with Crippen molar-refractivity contribution in [2.45, 2.75) is 0 Å². The number of halogens is 1. The van der Waals surface area contributed by atoms with E-state index < -0.39 is 16.8 Å². The predicted octanol–water partition coefficient (Wildman–Crippen LogP) is 5.87. The molecule has 1 amide bonds. The molecule has 0 aliphatic rings. The Bertz CT molecular complexity index is 1360. The van der Waals surface area contributed by atoms with Crippen molar-refractivity contribution in [3.05, 3.63) is 111 Å². The van der Waals surface area contributed by atoms with Crippen LogP contribution in [-0.4, -0.2) is 16.8 Å². The number of nitrogens with zero attached hydrogens (tertiary/aromatic N) is 1. The van der Waals surface area contributed by atoms with E-state index >= 15 is 0 Å². The quantitative estimate of drug-likeness (QED) is 0.179. The van der Waals surface area contributed by atoms with Gasteiger partial charge in [-0.3, -0.25) is 14.9 Å². The van der Waals surface area contributed by atoms with E-state index in [2.05, 4.69) is 5.32 Å². The topological polar surface area (TPSA) is 98.5 Å². The number of rotatable bonds is 5. The van der Waals surface area contributed by atoms with Gasteiger partial charge in [0.05, 0.1) is 16.1 Å². The second-order valence-corrected chi connectivity index (χ2v) is 7.20. The van der Waals surface area contributed by atoms with Crippen molar-refractivity contribution in [3.8, 4) is 5.75 Å². The SMILES string of the molecule is O=C(Oc1c(C(=O)Nc2ccc(Cl)c([N+](=O)[O-])c2)ccc2ccccc12)c1ccccc1. The molecule has 0 spiro atoms. The Hall–Kier alpha value is -4.23. The molecule has 0 aliphatic heterocycles. The molecule has 7 nitrogen and oxygen atoms in total. The Balaban J connectivity index is 1.73. The van der Waals surface area contributed by atoms with Crippen LogP contribution in [0.15, 0.2) is 84.9 Å². The first-order valence-electron chi connectivity index (χ1n) is 9.48. The zero-order valence-electron chi connectivity index (χ0n) is 16.4. The molecule has 0 unspecified atom stereocenters. The fourth-order valence-corrected chi connectivity index (χ4v) is 3.37. The molecule has 1 N–H and O–H groups in total. The number of benzene rings is 4. The maximum Gasteiger partial charge on any atom is 0.343 e. The maximum atomic E-state index is 13.1. The van der Waals surface area contributed by atoms with Gasteiger partial charge in [0, 0.05) is 17.1 Å². The van der Waals surface area contributed by atoms with Gasteiger partial charge < -0.3 is 10.1 Å². The molecule has 0 aliphatic carbocycles. The monoisotopic (exact) mass is 446 g/mol. The maximum absolute atomic E-state index is 13.1. The van der Waals surface area contributed by atoms with Gasteiger partial charge in [0.25, 0.3) is 11.6 Å². The lowest BCUT2D eigenvalue weighted by molar-refractivity contribution is -0.384. The van der Waals surface area contributed by atoms with E-state index in [9.17, 15) is 19.7 Å². The molecule has 0 radical (unpaired) electrons.